The molecule has 116 valence electrons. The van der Waals surface area contributed by atoms with Crippen molar-refractivity contribution >= 4 is 5.91 Å². The molecule has 1 aliphatic carbocycles. The fourth-order valence-electron chi connectivity index (χ4n) is 2.67. The van der Waals surface area contributed by atoms with Gasteiger partial charge in [0.1, 0.15) is 5.75 Å². The molecule has 0 aliphatic heterocycles. The van der Waals surface area contributed by atoms with Crippen LogP contribution in [0, 0.1) is 17.2 Å². The number of nitrogens with one attached hydrogen (secondary N) is 1. The summed E-state index contributed by atoms with van der Waals surface area (Å²) >= 11 is 0. The molecule has 1 aliphatic rings. The summed E-state index contributed by atoms with van der Waals surface area (Å²) in [7, 11) is 1.64. The van der Waals surface area contributed by atoms with Crippen LogP contribution in [-0.4, -0.2) is 13.0 Å². The predicted octanol–water partition coefficient (Wildman–Crippen LogP) is 3.45. The van der Waals surface area contributed by atoms with Gasteiger partial charge in [-0.1, -0.05) is 18.2 Å². The molecule has 1 amide bonds. The van der Waals surface area contributed by atoms with E-state index in [0.29, 0.717) is 17.0 Å². The van der Waals surface area contributed by atoms with Crippen LogP contribution in [0.4, 0.5) is 0 Å². The van der Waals surface area contributed by atoms with Gasteiger partial charge in [-0.05, 0) is 54.7 Å². The van der Waals surface area contributed by atoms with Crippen molar-refractivity contribution in [2.24, 2.45) is 5.92 Å². The quantitative estimate of drug-likeness (QED) is 0.920. The van der Waals surface area contributed by atoms with Crippen molar-refractivity contribution in [2.45, 2.75) is 18.9 Å². The van der Waals surface area contributed by atoms with Gasteiger partial charge < -0.3 is 10.1 Å². The van der Waals surface area contributed by atoms with Crippen molar-refractivity contribution in [3.63, 3.8) is 0 Å². The number of carbonyl (C=O) groups excluding carboxylic acids is 1. The van der Waals surface area contributed by atoms with Gasteiger partial charge in [0, 0.05) is 5.56 Å². The topological polar surface area (TPSA) is 62.1 Å². The van der Waals surface area contributed by atoms with Crippen LogP contribution in [0.25, 0.3) is 0 Å². The van der Waals surface area contributed by atoms with E-state index >= 15 is 0 Å². The summed E-state index contributed by atoms with van der Waals surface area (Å²) in [5, 5.41) is 12.1. The van der Waals surface area contributed by atoms with Gasteiger partial charge in [0.15, 0.2) is 0 Å². The first-order valence-corrected chi connectivity index (χ1v) is 7.66. The Morgan fingerprint density at radius 3 is 2.61 bits per heavy atom. The van der Waals surface area contributed by atoms with Gasteiger partial charge in [-0.3, -0.25) is 4.79 Å². The number of methoxy groups -OCH3 is 1. The molecule has 0 radical (unpaired) electrons. The number of nitriles is 1. The SMILES string of the molecule is COc1ccc(C(NC(=O)c2cccc(C#N)c2)C2CC2)cc1. The predicted molar refractivity (Wildman–Crippen MR) is 87.1 cm³/mol. The second-order valence-corrected chi connectivity index (χ2v) is 5.75. The van der Waals surface area contributed by atoms with Crippen LogP contribution in [-0.2, 0) is 0 Å². The molecule has 3 rings (SSSR count). The molecule has 0 spiro atoms. The van der Waals surface area contributed by atoms with Crippen molar-refractivity contribution in [1.29, 1.82) is 5.26 Å². The van der Waals surface area contributed by atoms with E-state index in [4.69, 9.17) is 10.00 Å². The molecule has 23 heavy (non-hydrogen) atoms. The van der Waals surface area contributed by atoms with Gasteiger partial charge in [-0.15, -0.1) is 0 Å². The minimum absolute atomic E-state index is 0.000789. The third kappa shape index (κ3) is 3.51. The number of hydrogen-bond acceptors (Lipinski definition) is 3. The molecule has 0 bridgehead atoms. The van der Waals surface area contributed by atoms with Gasteiger partial charge in [-0.2, -0.15) is 5.26 Å². The minimum atomic E-state index is -0.144. The highest BCUT2D eigenvalue weighted by Crippen LogP contribution is 2.41. The van der Waals surface area contributed by atoms with E-state index in [1.165, 1.54) is 0 Å². The van der Waals surface area contributed by atoms with Crippen molar-refractivity contribution in [2.75, 3.05) is 7.11 Å². The largest absolute Gasteiger partial charge is 0.497 e. The zero-order valence-electron chi connectivity index (χ0n) is 13.0. The lowest BCUT2D eigenvalue weighted by molar-refractivity contribution is 0.0931. The van der Waals surface area contributed by atoms with E-state index in [-0.39, 0.29) is 11.9 Å². The molecular formula is C19H18N2O2. The molecule has 1 saturated carbocycles. The summed E-state index contributed by atoms with van der Waals surface area (Å²) in [6.45, 7) is 0. The van der Waals surface area contributed by atoms with Gasteiger partial charge in [-0.25, -0.2) is 0 Å². The Balaban J connectivity index is 1.79. The standard InChI is InChI=1S/C19H18N2O2/c1-23-17-9-7-15(8-10-17)18(14-5-6-14)21-19(22)16-4-2-3-13(11-16)12-20/h2-4,7-11,14,18H,5-6H2,1H3,(H,21,22). The molecule has 0 heterocycles. The average molecular weight is 306 g/mol. The first-order chi connectivity index (χ1) is 11.2. The summed E-state index contributed by atoms with van der Waals surface area (Å²) in [6, 6.07) is 16.6. The number of nitrogens with zero attached hydrogens (tertiary/aromatic N) is 1. The average Bonchev–Trinajstić information content (AvgIpc) is 3.44. The van der Waals surface area contributed by atoms with Gasteiger partial charge >= 0.3 is 0 Å². The Kier molecular flexibility index (Phi) is 4.29. The lowest BCUT2D eigenvalue weighted by Gasteiger charge is -2.19. The number of amides is 1. The van der Waals surface area contributed by atoms with Gasteiger partial charge in [0.2, 0.25) is 0 Å². The van der Waals surface area contributed by atoms with Crippen LogP contribution >= 0.6 is 0 Å². The highest BCUT2D eigenvalue weighted by molar-refractivity contribution is 5.94. The first-order valence-electron chi connectivity index (χ1n) is 7.66. The first kappa shape index (κ1) is 15.1. The number of benzene rings is 2. The zero-order chi connectivity index (χ0) is 16.2. The molecular weight excluding hydrogens is 288 g/mol. The fourth-order valence-corrected chi connectivity index (χ4v) is 2.67. The maximum atomic E-state index is 12.5. The lowest BCUT2D eigenvalue weighted by atomic mass is 10.0. The summed E-state index contributed by atoms with van der Waals surface area (Å²) in [4.78, 5) is 12.5. The zero-order valence-corrected chi connectivity index (χ0v) is 13.0. The number of carbonyl (C=O) groups is 1. The summed E-state index contributed by atoms with van der Waals surface area (Å²) in [5.41, 5.74) is 2.09. The molecule has 2 aromatic rings. The normalized spacial score (nSPS) is 14.6. The van der Waals surface area contributed by atoms with E-state index in [1.54, 1.807) is 31.4 Å². The van der Waals surface area contributed by atoms with Crippen LogP contribution in [0.2, 0.25) is 0 Å². The fraction of sp³-hybridized carbons (Fsp3) is 0.263. The van der Waals surface area contributed by atoms with E-state index in [1.807, 2.05) is 24.3 Å². The second-order valence-electron chi connectivity index (χ2n) is 5.75. The molecule has 1 unspecified atom stereocenters. The van der Waals surface area contributed by atoms with Crippen molar-refractivity contribution in [1.82, 2.24) is 5.32 Å². The molecule has 0 aromatic heterocycles. The van der Waals surface area contributed by atoms with Crippen LogP contribution < -0.4 is 10.1 Å². The van der Waals surface area contributed by atoms with E-state index in [0.717, 1.165) is 24.2 Å². The molecule has 1 fully saturated rings. The maximum absolute atomic E-state index is 12.5. The van der Waals surface area contributed by atoms with Crippen LogP contribution in [0.1, 0.15) is 40.4 Å². The third-order valence-electron chi connectivity index (χ3n) is 4.11. The monoisotopic (exact) mass is 306 g/mol. The molecule has 1 N–H and O–H groups in total. The highest BCUT2D eigenvalue weighted by Gasteiger charge is 2.33. The van der Waals surface area contributed by atoms with Crippen LogP contribution in [0.5, 0.6) is 5.75 Å². The number of hydrogen-bond donors (Lipinski definition) is 1. The van der Waals surface area contributed by atoms with Gasteiger partial charge in [0.05, 0.1) is 24.8 Å². The number of ether oxygens (including phenoxy) is 1. The lowest BCUT2D eigenvalue weighted by Crippen LogP contribution is -2.29. The molecule has 4 heteroatoms. The summed E-state index contributed by atoms with van der Waals surface area (Å²) < 4.78 is 5.18. The Bertz CT molecular complexity index is 743. The molecule has 4 nitrogen and oxygen atoms in total. The number of rotatable bonds is 5. The van der Waals surface area contributed by atoms with E-state index < -0.39 is 0 Å². The van der Waals surface area contributed by atoms with Crippen LogP contribution in [0.15, 0.2) is 48.5 Å². The molecule has 1 atom stereocenters. The van der Waals surface area contributed by atoms with Crippen molar-refractivity contribution in [3.8, 4) is 11.8 Å². The van der Waals surface area contributed by atoms with Crippen molar-refractivity contribution < 1.29 is 9.53 Å². The van der Waals surface area contributed by atoms with Crippen LogP contribution in [0.3, 0.4) is 0 Å². The van der Waals surface area contributed by atoms with Crippen molar-refractivity contribution in [3.05, 3.63) is 65.2 Å². The summed E-state index contributed by atoms with van der Waals surface area (Å²) in [5.74, 6) is 1.14. The Morgan fingerprint density at radius 2 is 2.00 bits per heavy atom. The Morgan fingerprint density at radius 1 is 1.26 bits per heavy atom. The minimum Gasteiger partial charge on any atom is -0.497 e. The maximum Gasteiger partial charge on any atom is 0.251 e. The van der Waals surface area contributed by atoms with E-state index in [2.05, 4.69) is 11.4 Å². The van der Waals surface area contributed by atoms with Gasteiger partial charge in [0.25, 0.3) is 5.91 Å². The smallest absolute Gasteiger partial charge is 0.251 e. The molecule has 0 saturated heterocycles. The molecule has 2 aromatic carbocycles. The van der Waals surface area contributed by atoms with E-state index in [9.17, 15) is 4.79 Å². The summed E-state index contributed by atoms with van der Waals surface area (Å²) in [6.07, 6.45) is 2.24. The Hall–Kier alpha value is -2.80. The second kappa shape index (κ2) is 6.53. The Labute approximate surface area is 135 Å². The highest BCUT2D eigenvalue weighted by atomic mass is 16.5. The third-order valence-corrected chi connectivity index (χ3v) is 4.11.